The lowest BCUT2D eigenvalue weighted by Gasteiger charge is -2.38. The topological polar surface area (TPSA) is 9.23 Å². The molecule has 188 valence electrons. The molecule has 0 bridgehead atoms. The van der Waals surface area contributed by atoms with Gasteiger partial charge in [0.2, 0.25) is 0 Å². The van der Waals surface area contributed by atoms with E-state index in [0.29, 0.717) is 23.2 Å². The van der Waals surface area contributed by atoms with Crippen molar-refractivity contribution >= 4 is 8.07 Å². The summed E-state index contributed by atoms with van der Waals surface area (Å²) < 4.78 is 5.66. The standard InChI is InChI=1S/C30H58OSi/c1-8-9-10-11-12-13-14-15-16-17-18-19-20-21-22-23-25-31-26-24-27-32(28(2)3,29(4)5)30(6)7/h23,25,28-30H,8-22,26H2,1-7H3. The molecule has 0 spiro atoms. The highest BCUT2D eigenvalue weighted by atomic mass is 28.3. The summed E-state index contributed by atoms with van der Waals surface area (Å²) in [5, 5.41) is 0. The molecule has 0 N–H and O–H groups in total. The molecular weight excluding hydrogens is 404 g/mol. The smallest absolute Gasteiger partial charge is 0.147 e. The highest BCUT2D eigenvalue weighted by Crippen LogP contribution is 2.40. The minimum Gasteiger partial charge on any atom is -0.489 e. The fourth-order valence-electron chi connectivity index (χ4n) is 5.30. The summed E-state index contributed by atoms with van der Waals surface area (Å²) in [6, 6.07) is 0. The number of ether oxygens (including phenoxy) is 1. The van der Waals surface area contributed by atoms with Gasteiger partial charge in [-0.1, -0.05) is 138 Å². The van der Waals surface area contributed by atoms with Gasteiger partial charge in [0.1, 0.15) is 14.7 Å². The average molecular weight is 463 g/mol. The van der Waals surface area contributed by atoms with E-state index in [4.69, 9.17) is 4.74 Å². The molecule has 0 aliphatic heterocycles. The summed E-state index contributed by atoms with van der Waals surface area (Å²) in [4.78, 5) is 0. The Labute approximate surface area is 204 Å². The van der Waals surface area contributed by atoms with Gasteiger partial charge in [0.25, 0.3) is 0 Å². The monoisotopic (exact) mass is 462 g/mol. The molecule has 0 amide bonds. The molecule has 0 rings (SSSR count). The molecule has 0 aromatic heterocycles. The first-order valence-corrected chi connectivity index (χ1v) is 16.4. The minimum absolute atomic E-state index is 0.538. The van der Waals surface area contributed by atoms with Crippen LogP contribution in [0.3, 0.4) is 0 Å². The number of unbranched alkanes of at least 4 members (excludes halogenated alkanes) is 14. The zero-order valence-corrected chi connectivity index (χ0v) is 24.1. The Balaban J connectivity index is 3.66. The van der Waals surface area contributed by atoms with Crippen LogP contribution >= 0.6 is 0 Å². The molecular formula is C30H58OSi. The van der Waals surface area contributed by atoms with E-state index in [1.807, 2.05) is 6.26 Å². The maximum Gasteiger partial charge on any atom is 0.147 e. The van der Waals surface area contributed by atoms with Crippen molar-refractivity contribution in [3.63, 3.8) is 0 Å². The molecule has 32 heavy (non-hydrogen) atoms. The molecule has 0 radical (unpaired) electrons. The third-order valence-corrected chi connectivity index (χ3v) is 13.6. The van der Waals surface area contributed by atoms with Crippen molar-refractivity contribution < 1.29 is 4.74 Å². The normalized spacial score (nSPS) is 12.2. The van der Waals surface area contributed by atoms with E-state index in [1.54, 1.807) is 0 Å². The first kappa shape index (κ1) is 31.3. The largest absolute Gasteiger partial charge is 0.489 e. The van der Waals surface area contributed by atoms with Gasteiger partial charge >= 0.3 is 0 Å². The van der Waals surface area contributed by atoms with Crippen LogP contribution in [-0.4, -0.2) is 14.7 Å². The van der Waals surface area contributed by atoms with E-state index in [2.05, 4.69) is 66.0 Å². The lowest BCUT2D eigenvalue weighted by Crippen LogP contribution is -2.43. The van der Waals surface area contributed by atoms with Gasteiger partial charge in [0.15, 0.2) is 0 Å². The lowest BCUT2D eigenvalue weighted by atomic mass is 10.0. The second kappa shape index (κ2) is 20.9. The molecule has 0 unspecified atom stereocenters. The van der Waals surface area contributed by atoms with Crippen LogP contribution in [-0.2, 0) is 4.74 Å². The first-order chi connectivity index (χ1) is 15.4. The first-order valence-electron chi connectivity index (χ1n) is 14.2. The third kappa shape index (κ3) is 14.5. The molecule has 0 heterocycles. The van der Waals surface area contributed by atoms with Crippen LogP contribution in [0.1, 0.15) is 145 Å². The van der Waals surface area contributed by atoms with Gasteiger partial charge in [-0.15, -0.1) is 5.54 Å². The van der Waals surface area contributed by atoms with Crippen molar-refractivity contribution in [2.24, 2.45) is 0 Å². The predicted octanol–water partition coefficient (Wildman–Crippen LogP) is 10.6. The van der Waals surface area contributed by atoms with Crippen molar-refractivity contribution in [3.8, 4) is 11.5 Å². The van der Waals surface area contributed by atoms with Crippen LogP contribution < -0.4 is 0 Å². The summed E-state index contributed by atoms with van der Waals surface area (Å²) in [7, 11) is -1.61. The van der Waals surface area contributed by atoms with Gasteiger partial charge in [-0.2, -0.15) is 0 Å². The Morgan fingerprint density at radius 3 is 1.44 bits per heavy atom. The summed E-state index contributed by atoms with van der Waals surface area (Å²) >= 11 is 0. The van der Waals surface area contributed by atoms with Crippen molar-refractivity contribution in [2.75, 3.05) is 6.61 Å². The molecule has 0 atom stereocenters. The Morgan fingerprint density at radius 1 is 0.625 bits per heavy atom. The summed E-state index contributed by atoms with van der Waals surface area (Å²) in [5.41, 5.74) is 5.78. The van der Waals surface area contributed by atoms with E-state index in [9.17, 15) is 0 Å². The van der Waals surface area contributed by atoms with E-state index in [-0.39, 0.29) is 0 Å². The van der Waals surface area contributed by atoms with Gasteiger partial charge in [-0.25, -0.2) is 0 Å². The van der Waals surface area contributed by atoms with Gasteiger partial charge in [-0.3, -0.25) is 0 Å². The summed E-state index contributed by atoms with van der Waals surface area (Å²) in [6.07, 6.45) is 25.0. The quantitative estimate of drug-likeness (QED) is 0.0756. The minimum atomic E-state index is -1.61. The van der Waals surface area contributed by atoms with Crippen LogP contribution in [0.15, 0.2) is 12.3 Å². The Morgan fingerprint density at radius 2 is 1.03 bits per heavy atom. The van der Waals surface area contributed by atoms with Crippen LogP contribution in [0.25, 0.3) is 0 Å². The maximum absolute atomic E-state index is 5.66. The Hall–Kier alpha value is -0.683. The van der Waals surface area contributed by atoms with Crippen molar-refractivity contribution in [1.82, 2.24) is 0 Å². The second-order valence-electron chi connectivity index (χ2n) is 10.8. The molecule has 2 heteroatoms. The third-order valence-electron chi connectivity index (χ3n) is 7.24. The van der Waals surface area contributed by atoms with Crippen LogP contribution in [0, 0.1) is 11.5 Å². The number of hydrogen-bond acceptors (Lipinski definition) is 1. The molecule has 0 saturated heterocycles. The van der Waals surface area contributed by atoms with Gasteiger partial charge in [0.05, 0.1) is 6.26 Å². The van der Waals surface area contributed by atoms with Crippen molar-refractivity contribution in [1.29, 1.82) is 0 Å². The summed E-state index contributed by atoms with van der Waals surface area (Å²) in [6.45, 7) is 17.0. The maximum atomic E-state index is 5.66. The highest BCUT2D eigenvalue weighted by molar-refractivity contribution is 6.90. The Bertz CT molecular complexity index is 473. The van der Waals surface area contributed by atoms with Crippen molar-refractivity contribution in [2.45, 2.75) is 161 Å². The zero-order valence-electron chi connectivity index (χ0n) is 23.1. The van der Waals surface area contributed by atoms with E-state index in [1.165, 1.54) is 89.9 Å². The van der Waals surface area contributed by atoms with Crippen molar-refractivity contribution in [3.05, 3.63) is 12.3 Å². The van der Waals surface area contributed by atoms with E-state index >= 15 is 0 Å². The molecule has 0 saturated carbocycles. The lowest BCUT2D eigenvalue weighted by molar-refractivity contribution is 0.295. The van der Waals surface area contributed by atoms with Crippen LogP contribution in [0.2, 0.25) is 16.6 Å². The van der Waals surface area contributed by atoms with E-state index in [0.717, 1.165) is 6.42 Å². The number of rotatable bonds is 20. The fraction of sp³-hybridized carbons (Fsp3) is 0.867. The number of allylic oxidation sites excluding steroid dienone is 1. The van der Waals surface area contributed by atoms with Crippen LogP contribution in [0.4, 0.5) is 0 Å². The fourth-order valence-corrected chi connectivity index (χ4v) is 10.5. The summed E-state index contributed by atoms with van der Waals surface area (Å²) in [5.74, 6) is 3.36. The average Bonchev–Trinajstić information content (AvgIpc) is 2.74. The van der Waals surface area contributed by atoms with Gasteiger partial charge in [-0.05, 0) is 35.5 Å². The highest BCUT2D eigenvalue weighted by Gasteiger charge is 2.41. The van der Waals surface area contributed by atoms with Gasteiger partial charge in [0, 0.05) is 0 Å². The molecule has 0 aliphatic carbocycles. The second-order valence-corrected chi connectivity index (χ2v) is 16.3. The van der Waals surface area contributed by atoms with E-state index < -0.39 is 8.07 Å². The predicted molar refractivity (Wildman–Crippen MR) is 149 cm³/mol. The Kier molecular flexibility index (Phi) is 20.4. The molecule has 0 fully saturated rings. The van der Waals surface area contributed by atoms with Gasteiger partial charge < -0.3 is 4.74 Å². The molecule has 1 nitrogen and oxygen atoms in total. The van der Waals surface area contributed by atoms with Crippen LogP contribution in [0.5, 0.6) is 0 Å². The molecule has 0 aromatic carbocycles. The zero-order chi connectivity index (χ0) is 24.1. The molecule has 0 aliphatic rings. The molecule has 0 aromatic rings. The number of hydrogen-bond donors (Lipinski definition) is 0. The SMILES string of the molecule is CCCCCCCCCCCCCCCCC=COCC#C[Si](C(C)C)(C(C)C)C(C)C.